The molecule has 0 spiro atoms. The van der Waals surface area contributed by atoms with Crippen LogP contribution in [0.2, 0.25) is 5.15 Å². The number of alkyl carbamates (subject to hydrolysis) is 1. The molecule has 5 N–H and O–H groups in total. The number of aromatic nitrogens is 2. The van der Waals surface area contributed by atoms with Gasteiger partial charge in [0.1, 0.15) is 30.3 Å². The number of carbonyl (C=O) groups is 1. The molecule has 1 heterocycles. The number of benzene rings is 2. The molecular weight excluding hydrogens is 420 g/mol. The first-order valence-corrected chi connectivity index (χ1v) is 10.1. The number of nitrogens with one attached hydrogen (secondary N) is 1. The van der Waals surface area contributed by atoms with Gasteiger partial charge in [-0.05, 0) is 22.3 Å². The van der Waals surface area contributed by atoms with Crippen LogP contribution in [0.3, 0.4) is 0 Å². The van der Waals surface area contributed by atoms with Gasteiger partial charge in [-0.1, -0.05) is 60.1 Å². The molecule has 1 aliphatic carbocycles. The fraction of sp³-hybridized carbons (Fsp3) is 0.227. The maximum Gasteiger partial charge on any atom is 0.407 e. The number of rotatable bonds is 6. The normalized spacial score (nSPS) is 14.4. The van der Waals surface area contributed by atoms with Crippen molar-refractivity contribution in [2.45, 2.75) is 18.1 Å². The van der Waals surface area contributed by atoms with Crippen LogP contribution in [-0.4, -0.2) is 45.5 Å². The number of nitrogen functional groups attached to an aromatic ring is 1. The summed E-state index contributed by atoms with van der Waals surface area (Å²) in [6, 6.07) is 16.0. The Morgan fingerprint density at radius 2 is 1.74 bits per heavy atom. The van der Waals surface area contributed by atoms with Crippen molar-refractivity contribution in [3.8, 4) is 11.1 Å². The van der Waals surface area contributed by atoms with Crippen LogP contribution in [0.4, 0.5) is 10.6 Å². The Hall–Kier alpha value is -3.20. The van der Waals surface area contributed by atoms with E-state index in [4.69, 9.17) is 22.1 Å². The number of hydrogen-bond donors (Lipinski definition) is 4. The van der Waals surface area contributed by atoms with E-state index in [-0.39, 0.29) is 35.7 Å². The molecule has 31 heavy (non-hydrogen) atoms. The van der Waals surface area contributed by atoms with Crippen molar-refractivity contribution in [1.29, 1.82) is 0 Å². The summed E-state index contributed by atoms with van der Waals surface area (Å²) < 4.78 is 5.40. The maximum atomic E-state index is 12.2. The maximum absolute atomic E-state index is 12.2. The first kappa shape index (κ1) is 21.0. The van der Waals surface area contributed by atoms with Crippen molar-refractivity contribution < 1.29 is 19.7 Å². The van der Waals surface area contributed by atoms with Crippen LogP contribution in [0.25, 0.3) is 11.1 Å². The summed E-state index contributed by atoms with van der Waals surface area (Å²) in [5.74, 6) is 0.0183. The van der Waals surface area contributed by atoms with E-state index in [2.05, 4.69) is 27.4 Å². The number of carbonyl (C=O) groups excluding carboxylic acids is 1. The van der Waals surface area contributed by atoms with Crippen LogP contribution in [0.5, 0.6) is 0 Å². The Labute approximate surface area is 183 Å². The predicted octanol–water partition coefficient (Wildman–Crippen LogP) is 2.65. The van der Waals surface area contributed by atoms with Crippen LogP contribution in [-0.2, 0) is 4.74 Å². The first-order chi connectivity index (χ1) is 15.0. The topological polar surface area (TPSA) is 131 Å². The third kappa shape index (κ3) is 4.32. The average molecular weight is 441 g/mol. The summed E-state index contributed by atoms with van der Waals surface area (Å²) in [5.41, 5.74) is 9.91. The zero-order chi connectivity index (χ0) is 22.0. The highest BCUT2D eigenvalue weighted by Crippen LogP contribution is 2.44. The van der Waals surface area contributed by atoms with Crippen LogP contribution in [0, 0.1) is 0 Å². The highest BCUT2D eigenvalue weighted by molar-refractivity contribution is 6.30. The smallest absolute Gasteiger partial charge is 0.407 e. The second kappa shape index (κ2) is 8.89. The molecule has 0 bridgehead atoms. The summed E-state index contributed by atoms with van der Waals surface area (Å²) in [5, 5.41) is 22.7. The van der Waals surface area contributed by atoms with E-state index in [0.717, 1.165) is 22.3 Å². The quantitative estimate of drug-likeness (QED) is 0.463. The number of halogens is 1. The van der Waals surface area contributed by atoms with Gasteiger partial charge in [-0.2, -0.15) is 0 Å². The minimum absolute atomic E-state index is 0.0299. The summed E-state index contributed by atoms with van der Waals surface area (Å²) in [6.07, 6.45) is -2.30. The highest BCUT2D eigenvalue weighted by Gasteiger charge is 2.29. The zero-order valence-electron chi connectivity index (χ0n) is 16.4. The molecule has 2 aromatic carbocycles. The molecule has 0 saturated heterocycles. The second-order valence-electron chi connectivity index (χ2n) is 7.19. The van der Waals surface area contributed by atoms with Crippen LogP contribution in [0.15, 0.2) is 54.7 Å². The van der Waals surface area contributed by atoms with Gasteiger partial charge in [0.25, 0.3) is 0 Å². The van der Waals surface area contributed by atoms with Gasteiger partial charge < -0.3 is 26.0 Å². The number of amides is 1. The van der Waals surface area contributed by atoms with Crippen LogP contribution >= 0.6 is 11.6 Å². The molecule has 0 saturated carbocycles. The Bertz CT molecular complexity index is 1060. The average Bonchev–Trinajstić information content (AvgIpc) is 3.09. The zero-order valence-corrected chi connectivity index (χ0v) is 17.2. The number of ether oxygens (including phenoxy) is 1. The molecule has 1 aliphatic rings. The molecule has 9 heteroatoms. The van der Waals surface area contributed by atoms with Crippen molar-refractivity contribution in [2.75, 3.05) is 18.9 Å². The first-order valence-electron chi connectivity index (χ1n) is 9.68. The molecule has 1 amide bonds. The summed E-state index contributed by atoms with van der Waals surface area (Å²) >= 11 is 5.90. The number of aliphatic hydroxyl groups is 2. The lowest BCUT2D eigenvalue weighted by Crippen LogP contribution is -2.36. The van der Waals surface area contributed by atoms with Gasteiger partial charge in [-0.3, -0.25) is 4.98 Å². The van der Waals surface area contributed by atoms with Gasteiger partial charge in [0.05, 0.1) is 6.20 Å². The number of anilines is 1. The van der Waals surface area contributed by atoms with Gasteiger partial charge in [0, 0.05) is 12.5 Å². The Morgan fingerprint density at radius 3 is 2.35 bits per heavy atom. The number of nitrogens with two attached hydrogens (primary N) is 1. The van der Waals surface area contributed by atoms with Gasteiger partial charge in [0.2, 0.25) is 0 Å². The van der Waals surface area contributed by atoms with E-state index >= 15 is 0 Å². The molecule has 0 aliphatic heterocycles. The van der Waals surface area contributed by atoms with Gasteiger partial charge in [0.15, 0.2) is 5.15 Å². The second-order valence-corrected chi connectivity index (χ2v) is 7.55. The van der Waals surface area contributed by atoms with E-state index in [0.29, 0.717) is 0 Å². The minimum atomic E-state index is -1.45. The predicted molar refractivity (Wildman–Crippen MR) is 115 cm³/mol. The summed E-state index contributed by atoms with van der Waals surface area (Å²) in [4.78, 5) is 19.9. The molecule has 1 aromatic heterocycles. The van der Waals surface area contributed by atoms with Gasteiger partial charge >= 0.3 is 6.09 Å². The van der Waals surface area contributed by atoms with E-state index in [1.54, 1.807) is 0 Å². The lowest BCUT2D eigenvalue weighted by Gasteiger charge is -2.19. The molecule has 160 valence electrons. The Balaban J connectivity index is 1.35. The summed E-state index contributed by atoms with van der Waals surface area (Å²) in [7, 11) is 0. The van der Waals surface area contributed by atoms with Crippen molar-refractivity contribution >= 4 is 23.5 Å². The van der Waals surface area contributed by atoms with Crippen LogP contribution in [0.1, 0.15) is 28.8 Å². The SMILES string of the molecule is Nc1cnc(C(O)C(O)CNC(=O)OCC2c3ccccc3-c3ccccc32)c(Cl)n1. The summed E-state index contributed by atoms with van der Waals surface area (Å²) in [6.45, 7) is -0.117. The molecule has 0 fully saturated rings. The van der Waals surface area contributed by atoms with E-state index in [9.17, 15) is 15.0 Å². The Kier molecular flexibility index (Phi) is 6.03. The largest absolute Gasteiger partial charge is 0.449 e. The van der Waals surface area contributed by atoms with E-state index < -0.39 is 18.3 Å². The molecule has 2 unspecified atom stereocenters. The molecule has 2 atom stereocenters. The molecule has 4 rings (SSSR count). The fourth-order valence-corrected chi connectivity index (χ4v) is 3.98. The lowest BCUT2D eigenvalue weighted by molar-refractivity contribution is 0.0159. The standard InChI is InChI=1S/C22H21ClN4O4/c23-21-19(25-10-18(24)27-21)20(29)17(28)9-26-22(30)31-11-16-14-7-3-1-5-12(14)13-6-2-4-8-15(13)16/h1-8,10,16-17,20,28-29H,9,11H2,(H2,24,27)(H,26,30). The Morgan fingerprint density at radius 1 is 1.13 bits per heavy atom. The van der Waals surface area contributed by atoms with E-state index in [1.807, 2.05) is 36.4 Å². The minimum Gasteiger partial charge on any atom is -0.449 e. The number of hydrogen-bond acceptors (Lipinski definition) is 7. The molecular formula is C22H21ClN4O4. The van der Waals surface area contributed by atoms with Crippen molar-refractivity contribution in [3.05, 3.63) is 76.7 Å². The van der Waals surface area contributed by atoms with E-state index in [1.165, 1.54) is 6.20 Å². The highest BCUT2D eigenvalue weighted by atomic mass is 35.5. The monoisotopic (exact) mass is 440 g/mol. The third-order valence-electron chi connectivity index (χ3n) is 5.22. The van der Waals surface area contributed by atoms with Crippen molar-refractivity contribution in [2.24, 2.45) is 0 Å². The van der Waals surface area contributed by atoms with Gasteiger partial charge in [-0.15, -0.1) is 0 Å². The van der Waals surface area contributed by atoms with Crippen molar-refractivity contribution in [3.63, 3.8) is 0 Å². The fourth-order valence-electron chi connectivity index (χ4n) is 3.72. The van der Waals surface area contributed by atoms with Crippen molar-refractivity contribution in [1.82, 2.24) is 15.3 Å². The van der Waals surface area contributed by atoms with Gasteiger partial charge in [-0.25, -0.2) is 9.78 Å². The molecule has 0 radical (unpaired) electrons. The number of fused-ring (bicyclic) bond motifs is 3. The van der Waals surface area contributed by atoms with Crippen LogP contribution < -0.4 is 11.1 Å². The molecule has 3 aromatic rings. The molecule has 8 nitrogen and oxygen atoms in total. The third-order valence-corrected chi connectivity index (χ3v) is 5.50. The number of aliphatic hydroxyl groups excluding tert-OH is 2. The number of nitrogens with zero attached hydrogens (tertiary/aromatic N) is 2. The lowest BCUT2D eigenvalue weighted by atomic mass is 9.98.